The second kappa shape index (κ2) is 11.1. The van der Waals surface area contributed by atoms with Gasteiger partial charge in [-0.25, -0.2) is 0 Å². The van der Waals surface area contributed by atoms with Gasteiger partial charge in [0.1, 0.15) is 11.6 Å². The van der Waals surface area contributed by atoms with E-state index in [1.807, 2.05) is 67.6 Å². The lowest BCUT2D eigenvalue weighted by molar-refractivity contribution is -0.152. The molecule has 7 heteroatoms. The van der Waals surface area contributed by atoms with Gasteiger partial charge in [0.05, 0.1) is 12.1 Å². The first kappa shape index (κ1) is 26.9. The molecule has 4 atom stereocenters. The molecule has 0 radical (unpaired) electrons. The molecule has 4 rings (SSSR count). The second-order valence-electron chi connectivity index (χ2n) is 11.0. The molecule has 2 saturated heterocycles. The largest absolute Gasteiger partial charge is 0.343 e. The minimum Gasteiger partial charge on any atom is -0.343 e. The molecule has 2 aromatic rings. The van der Waals surface area contributed by atoms with E-state index in [2.05, 4.69) is 22.9 Å². The van der Waals surface area contributed by atoms with E-state index < -0.39 is 23.2 Å². The van der Waals surface area contributed by atoms with Crippen molar-refractivity contribution >= 4 is 17.7 Å². The summed E-state index contributed by atoms with van der Waals surface area (Å²) in [5.41, 5.74) is 0.486. The van der Waals surface area contributed by atoms with Crippen molar-refractivity contribution in [1.82, 2.24) is 20.9 Å². The quantitative estimate of drug-likeness (QED) is 0.536. The zero-order chi connectivity index (χ0) is 26.6. The van der Waals surface area contributed by atoms with Crippen molar-refractivity contribution in [3.8, 4) is 0 Å². The first-order valence-corrected chi connectivity index (χ1v) is 13.4. The van der Waals surface area contributed by atoms with Crippen molar-refractivity contribution in [2.45, 2.75) is 88.5 Å². The van der Waals surface area contributed by atoms with Crippen molar-refractivity contribution in [1.29, 1.82) is 0 Å². The summed E-state index contributed by atoms with van der Waals surface area (Å²) >= 11 is 0. The standard InChI is InChI=1S/C30H40N4O3/c1-21(31-4)26(35)33-30(3)19-12-11-18-29(2)20-17-24(34(29)28(30)37)27(36)32-25(22-13-7-5-8-14-22)23-15-9-6-10-16-23/h5-10,13-16,21,24-25,31H,11-12,17-20H2,1-4H3,(H,32,36)(H,33,35)/t21-,24-,29-,30-/m0/s1. The number of fused-ring (bicyclic) bond motifs is 1. The molecule has 3 N–H and O–H groups in total. The highest BCUT2D eigenvalue weighted by Gasteiger charge is 2.53. The maximum atomic E-state index is 14.2. The Hall–Kier alpha value is -3.19. The number of carbonyl (C=O) groups excluding carboxylic acids is 3. The van der Waals surface area contributed by atoms with Crippen LogP contribution in [0.25, 0.3) is 0 Å². The summed E-state index contributed by atoms with van der Waals surface area (Å²) in [5, 5.41) is 9.23. The fourth-order valence-corrected chi connectivity index (χ4v) is 5.83. The van der Waals surface area contributed by atoms with Crippen LogP contribution in [-0.2, 0) is 14.4 Å². The maximum Gasteiger partial charge on any atom is 0.249 e. The van der Waals surface area contributed by atoms with Gasteiger partial charge >= 0.3 is 0 Å². The van der Waals surface area contributed by atoms with E-state index >= 15 is 0 Å². The molecule has 37 heavy (non-hydrogen) atoms. The van der Waals surface area contributed by atoms with E-state index in [-0.39, 0.29) is 23.8 Å². The molecule has 0 aromatic heterocycles. The van der Waals surface area contributed by atoms with Crippen molar-refractivity contribution in [3.63, 3.8) is 0 Å². The summed E-state index contributed by atoms with van der Waals surface area (Å²) in [6.07, 6.45) is 4.54. The Kier molecular flexibility index (Phi) is 8.02. The van der Waals surface area contributed by atoms with E-state index in [9.17, 15) is 14.4 Å². The molecule has 0 unspecified atom stereocenters. The van der Waals surface area contributed by atoms with Gasteiger partial charge in [-0.2, -0.15) is 0 Å². The third-order valence-corrected chi connectivity index (χ3v) is 8.26. The SMILES string of the molecule is CN[C@@H](C)C(=O)N[C@@]1(C)CCCC[C@@]2(C)CC[C@@H](C(=O)NC(c3ccccc3)c3ccccc3)N2C1=O. The molecule has 0 aliphatic carbocycles. The molecule has 3 amide bonds. The van der Waals surface area contributed by atoms with E-state index in [0.717, 1.165) is 36.8 Å². The highest BCUT2D eigenvalue weighted by Crippen LogP contribution is 2.42. The summed E-state index contributed by atoms with van der Waals surface area (Å²) in [6, 6.07) is 18.5. The number of hydrogen-bond donors (Lipinski definition) is 3. The maximum absolute atomic E-state index is 14.2. The lowest BCUT2D eigenvalue weighted by Gasteiger charge is -2.46. The first-order chi connectivity index (χ1) is 17.7. The van der Waals surface area contributed by atoms with Gasteiger partial charge in [-0.1, -0.05) is 73.5 Å². The van der Waals surface area contributed by atoms with Crippen molar-refractivity contribution in [2.75, 3.05) is 7.05 Å². The smallest absolute Gasteiger partial charge is 0.249 e. The molecule has 198 valence electrons. The fraction of sp³-hybridized carbons (Fsp3) is 0.500. The van der Waals surface area contributed by atoms with Crippen LogP contribution in [0.4, 0.5) is 0 Å². The molecule has 2 aromatic carbocycles. The highest BCUT2D eigenvalue weighted by atomic mass is 16.2. The number of nitrogens with one attached hydrogen (secondary N) is 3. The Bertz CT molecular complexity index is 1070. The Morgan fingerprint density at radius 3 is 2.05 bits per heavy atom. The molecule has 2 heterocycles. The van der Waals surface area contributed by atoms with Gasteiger partial charge in [0.25, 0.3) is 0 Å². The van der Waals surface area contributed by atoms with Gasteiger partial charge in [-0.05, 0) is 64.6 Å². The molecule has 2 aliphatic heterocycles. The average Bonchev–Trinajstić information content (AvgIpc) is 3.25. The third kappa shape index (κ3) is 5.57. The van der Waals surface area contributed by atoms with Crippen LogP contribution in [-0.4, -0.2) is 52.8 Å². The number of nitrogens with zero attached hydrogens (tertiary/aromatic N) is 1. The Labute approximate surface area is 220 Å². The predicted octanol–water partition coefficient (Wildman–Crippen LogP) is 3.70. The van der Waals surface area contributed by atoms with Gasteiger partial charge in [-0.3, -0.25) is 14.4 Å². The van der Waals surface area contributed by atoms with Gasteiger partial charge in [-0.15, -0.1) is 0 Å². The van der Waals surface area contributed by atoms with E-state index in [4.69, 9.17) is 0 Å². The number of carbonyl (C=O) groups is 3. The van der Waals surface area contributed by atoms with Gasteiger partial charge in [0.15, 0.2) is 0 Å². The minimum absolute atomic E-state index is 0.160. The van der Waals surface area contributed by atoms with Gasteiger partial charge in [0.2, 0.25) is 17.7 Å². The van der Waals surface area contributed by atoms with Crippen LogP contribution in [0, 0.1) is 0 Å². The average molecular weight is 505 g/mol. The van der Waals surface area contributed by atoms with Crippen LogP contribution in [0.5, 0.6) is 0 Å². The zero-order valence-electron chi connectivity index (χ0n) is 22.4. The van der Waals surface area contributed by atoms with Gasteiger partial charge < -0.3 is 20.9 Å². The van der Waals surface area contributed by atoms with Crippen LogP contribution >= 0.6 is 0 Å². The van der Waals surface area contributed by atoms with Crippen LogP contribution < -0.4 is 16.0 Å². The number of likely N-dealkylation sites (N-methyl/N-ethyl adjacent to an activating group) is 1. The number of rotatable bonds is 7. The molecule has 0 saturated carbocycles. The topological polar surface area (TPSA) is 90.5 Å². The minimum atomic E-state index is -1.06. The summed E-state index contributed by atoms with van der Waals surface area (Å²) in [5.74, 6) is -0.540. The highest BCUT2D eigenvalue weighted by molar-refractivity contribution is 5.96. The molecule has 7 nitrogen and oxygen atoms in total. The number of amides is 3. The van der Waals surface area contributed by atoms with Crippen molar-refractivity contribution < 1.29 is 14.4 Å². The molecule has 0 bridgehead atoms. The lowest BCUT2D eigenvalue weighted by atomic mass is 9.83. The van der Waals surface area contributed by atoms with E-state index in [0.29, 0.717) is 12.8 Å². The summed E-state index contributed by atoms with van der Waals surface area (Å²) in [7, 11) is 1.72. The Morgan fingerprint density at radius 1 is 0.919 bits per heavy atom. The normalized spacial score (nSPS) is 26.7. The van der Waals surface area contributed by atoms with Crippen molar-refractivity contribution in [2.24, 2.45) is 0 Å². The predicted molar refractivity (Wildman–Crippen MR) is 145 cm³/mol. The summed E-state index contributed by atoms with van der Waals surface area (Å²) in [4.78, 5) is 42.8. The van der Waals surface area contributed by atoms with E-state index in [1.165, 1.54) is 0 Å². The fourth-order valence-electron chi connectivity index (χ4n) is 5.83. The first-order valence-electron chi connectivity index (χ1n) is 13.4. The molecule has 2 aliphatic rings. The number of hydrogen-bond acceptors (Lipinski definition) is 4. The van der Waals surface area contributed by atoms with Crippen LogP contribution in [0.2, 0.25) is 0 Å². The zero-order valence-corrected chi connectivity index (χ0v) is 22.4. The third-order valence-electron chi connectivity index (χ3n) is 8.26. The van der Waals surface area contributed by atoms with Gasteiger partial charge in [0, 0.05) is 5.54 Å². The van der Waals surface area contributed by atoms with Crippen LogP contribution in [0.1, 0.15) is 76.5 Å². The lowest BCUT2D eigenvalue weighted by Crippen LogP contribution is -2.66. The second-order valence-corrected chi connectivity index (χ2v) is 11.0. The summed E-state index contributed by atoms with van der Waals surface area (Å²) in [6.45, 7) is 5.68. The van der Waals surface area contributed by atoms with E-state index in [1.54, 1.807) is 18.9 Å². The molecular weight excluding hydrogens is 464 g/mol. The van der Waals surface area contributed by atoms with Crippen LogP contribution in [0.3, 0.4) is 0 Å². The number of benzene rings is 2. The Balaban J connectivity index is 1.64. The van der Waals surface area contributed by atoms with Crippen LogP contribution in [0.15, 0.2) is 60.7 Å². The molecule has 2 fully saturated rings. The van der Waals surface area contributed by atoms with Crippen molar-refractivity contribution in [3.05, 3.63) is 71.8 Å². The Morgan fingerprint density at radius 2 is 1.49 bits per heavy atom. The monoisotopic (exact) mass is 504 g/mol. The molecule has 0 spiro atoms. The summed E-state index contributed by atoms with van der Waals surface area (Å²) < 4.78 is 0. The molecular formula is C30H40N4O3.